The minimum absolute atomic E-state index is 0.121. The first-order valence-corrected chi connectivity index (χ1v) is 5.22. The SMILES string of the molecule is CC(O)CSc1ccc(F)c(Cl)c1. The van der Waals surface area contributed by atoms with Crippen LogP contribution in [-0.2, 0) is 0 Å². The standard InChI is InChI=1S/C9H10ClFOS/c1-6(12)5-13-7-2-3-9(11)8(10)4-7/h2-4,6,12H,5H2,1H3. The largest absolute Gasteiger partial charge is 0.393 e. The smallest absolute Gasteiger partial charge is 0.141 e. The maximum absolute atomic E-state index is 12.7. The van der Waals surface area contributed by atoms with Gasteiger partial charge in [-0.25, -0.2) is 4.39 Å². The Morgan fingerprint density at radius 1 is 1.62 bits per heavy atom. The van der Waals surface area contributed by atoms with Crippen LogP contribution in [0.2, 0.25) is 5.02 Å². The van der Waals surface area contributed by atoms with Crippen LogP contribution in [0.1, 0.15) is 6.92 Å². The third-order valence-electron chi connectivity index (χ3n) is 1.38. The van der Waals surface area contributed by atoms with Crippen LogP contribution in [0.5, 0.6) is 0 Å². The van der Waals surface area contributed by atoms with Crippen LogP contribution in [0, 0.1) is 5.82 Å². The molecule has 1 unspecified atom stereocenters. The van der Waals surface area contributed by atoms with Gasteiger partial charge >= 0.3 is 0 Å². The van der Waals surface area contributed by atoms with E-state index in [2.05, 4.69) is 0 Å². The fraction of sp³-hybridized carbons (Fsp3) is 0.333. The van der Waals surface area contributed by atoms with E-state index in [4.69, 9.17) is 16.7 Å². The fourth-order valence-electron chi connectivity index (χ4n) is 0.783. The van der Waals surface area contributed by atoms with Gasteiger partial charge in [-0.3, -0.25) is 0 Å². The summed E-state index contributed by atoms with van der Waals surface area (Å²) >= 11 is 7.03. The Morgan fingerprint density at radius 3 is 2.85 bits per heavy atom. The van der Waals surface area contributed by atoms with Gasteiger partial charge in [0.1, 0.15) is 5.82 Å². The topological polar surface area (TPSA) is 20.2 Å². The van der Waals surface area contributed by atoms with Crippen LogP contribution in [0.4, 0.5) is 4.39 Å². The van der Waals surface area contributed by atoms with Crippen molar-refractivity contribution < 1.29 is 9.50 Å². The molecule has 0 aliphatic heterocycles. The van der Waals surface area contributed by atoms with Crippen molar-refractivity contribution in [1.82, 2.24) is 0 Å². The van der Waals surface area contributed by atoms with Crippen molar-refractivity contribution in [3.05, 3.63) is 29.0 Å². The second kappa shape index (κ2) is 4.84. The predicted molar refractivity (Wildman–Crippen MR) is 53.8 cm³/mol. The molecule has 0 spiro atoms. The molecule has 0 saturated carbocycles. The summed E-state index contributed by atoms with van der Waals surface area (Å²) in [6.45, 7) is 1.71. The van der Waals surface area contributed by atoms with Gasteiger partial charge in [0.05, 0.1) is 11.1 Å². The third-order valence-corrected chi connectivity index (χ3v) is 2.91. The van der Waals surface area contributed by atoms with Crippen molar-refractivity contribution in [1.29, 1.82) is 0 Å². The molecule has 1 nitrogen and oxygen atoms in total. The highest BCUT2D eigenvalue weighted by atomic mass is 35.5. The van der Waals surface area contributed by atoms with Crippen LogP contribution >= 0.6 is 23.4 Å². The van der Waals surface area contributed by atoms with E-state index in [9.17, 15) is 4.39 Å². The van der Waals surface area contributed by atoms with Crippen molar-refractivity contribution >= 4 is 23.4 Å². The van der Waals surface area contributed by atoms with E-state index in [-0.39, 0.29) is 11.1 Å². The Morgan fingerprint density at radius 2 is 2.31 bits per heavy atom. The Bertz CT molecular complexity index is 291. The first-order valence-electron chi connectivity index (χ1n) is 3.85. The van der Waals surface area contributed by atoms with E-state index in [1.807, 2.05) is 0 Å². The van der Waals surface area contributed by atoms with E-state index in [1.165, 1.54) is 17.8 Å². The third kappa shape index (κ3) is 3.55. The molecule has 0 bridgehead atoms. The summed E-state index contributed by atoms with van der Waals surface area (Å²) in [5.41, 5.74) is 0. The number of hydrogen-bond acceptors (Lipinski definition) is 2. The van der Waals surface area contributed by atoms with Gasteiger partial charge < -0.3 is 5.11 Å². The molecule has 0 fully saturated rings. The molecule has 0 aliphatic rings. The molecule has 0 heterocycles. The molecular weight excluding hydrogens is 211 g/mol. The zero-order chi connectivity index (χ0) is 9.84. The molecular formula is C9H10ClFOS. The van der Waals surface area contributed by atoms with Crippen LogP contribution in [-0.4, -0.2) is 17.0 Å². The maximum Gasteiger partial charge on any atom is 0.141 e. The lowest BCUT2D eigenvalue weighted by molar-refractivity contribution is 0.220. The van der Waals surface area contributed by atoms with Gasteiger partial charge in [0.25, 0.3) is 0 Å². The Balaban J connectivity index is 2.63. The average Bonchev–Trinajstić information content (AvgIpc) is 2.07. The van der Waals surface area contributed by atoms with Crippen molar-refractivity contribution in [2.24, 2.45) is 0 Å². The van der Waals surface area contributed by atoms with E-state index in [0.717, 1.165) is 4.90 Å². The summed E-state index contributed by atoms with van der Waals surface area (Å²) in [5.74, 6) is 0.171. The Hall–Kier alpha value is -0.250. The van der Waals surface area contributed by atoms with E-state index in [1.54, 1.807) is 19.1 Å². The fourth-order valence-corrected chi connectivity index (χ4v) is 1.83. The maximum atomic E-state index is 12.7. The van der Waals surface area contributed by atoms with Crippen molar-refractivity contribution in [3.63, 3.8) is 0 Å². The summed E-state index contributed by atoms with van der Waals surface area (Å²) < 4.78 is 12.7. The van der Waals surface area contributed by atoms with Crippen molar-refractivity contribution in [2.75, 3.05) is 5.75 Å². The first-order chi connectivity index (χ1) is 6.09. The minimum Gasteiger partial charge on any atom is -0.393 e. The monoisotopic (exact) mass is 220 g/mol. The van der Waals surface area contributed by atoms with Crippen LogP contribution in [0.3, 0.4) is 0 Å². The minimum atomic E-state index is -0.414. The normalized spacial score (nSPS) is 12.9. The highest BCUT2D eigenvalue weighted by Crippen LogP contribution is 2.24. The second-order valence-corrected chi connectivity index (χ2v) is 4.24. The zero-order valence-corrected chi connectivity index (χ0v) is 8.70. The van der Waals surface area contributed by atoms with E-state index < -0.39 is 5.82 Å². The molecule has 0 radical (unpaired) electrons. The van der Waals surface area contributed by atoms with Gasteiger partial charge in [-0.15, -0.1) is 11.8 Å². The molecule has 4 heteroatoms. The van der Waals surface area contributed by atoms with Gasteiger partial charge in [0.2, 0.25) is 0 Å². The Kier molecular flexibility index (Phi) is 4.03. The number of aliphatic hydroxyl groups is 1. The first kappa shape index (κ1) is 10.8. The van der Waals surface area contributed by atoms with Gasteiger partial charge in [-0.05, 0) is 25.1 Å². The quantitative estimate of drug-likeness (QED) is 0.791. The molecule has 13 heavy (non-hydrogen) atoms. The van der Waals surface area contributed by atoms with Gasteiger partial charge in [0, 0.05) is 10.6 Å². The van der Waals surface area contributed by atoms with Gasteiger partial charge in [-0.2, -0.15) is 0 Å². The number of halogens is 2. The average molecular weight is 221 g/mol. The zero-order valence-electron chi connectivity index (χ0n) is 7.13. The highest BCUT2D eigenvalue weighted by Gasteiger charge is 2.02. The molecule has 0 amide bonds. The highest BCUT2D eigenvalue weighted by molar-refractivity contribution is 7.99. The summed E-state index contributed by atoms with van der Waals surface area (Å²) in [7, 11) is 0. The molecule has 0 aromatic heterocycles. The number of rotatable bonds is 3. The number of aliphatic hydroxyl groups excluding tert-OH is 1. The molecule has 1 N–H and O–H groups in total. The lowest BCUT2D eigenvalue weighted by Gasteiger charge is -2.04. The van der Waals surface area contributed by atoms with Crippen molar-refractivity contribution in [3.8, 4) is 0 Å². The predicted octanol–water partition coefficient (Wildman–Crippen LogP) is 2.95. The lowest BCUT2D eigenvalue weighted by Crippen LogP contribution is -2.02. The molecule has 72 valence electrons. The van der Waals surface area contributed by atoms with Crippen LogP contribution in [0.25, 0.3) is 0 Å². The summed E-state index contributed by atoms with van der Waals surface area (Å²) in [4.78, 5) is 0.868. The van der Waals surface area contributed by atoms with Crippen molar-refractivity contribution in [2.45, 2.75) is 17.9 Å². The van der Waals surface area contributed by atoms with Crippen LogP contribution in [0.15, 0.2) is 23.1 Å². The number of thioether (sulfide) groups is 1. The van der Waals surface area contributed by atoms with E-state index >= 15 is 0 Å². The molecule has 0 aliphatic carbocycles. The van der Waals surface area contributed by atoms with E-state index in [0.29, 0.717) is 5.75 Å². The lowest BCUT2D eigenvalue weighted by atomic mass is 10.3. The molecule has 1 atom stereocenters. The Labute approximate surface area is 85.9 Å². The van der Waals surface area contributed by atoms with Gasteiger partial charge in [0.15, 0.2) is 0 Å². The second-order valence-electron chi connectivity index (χ2n) is 2.74. The summed E-state index contributed by atoms with van der Waals surface area (Å²) in [6, 6.07) is 4.53. The van der Waals surface area contributed by atoms with Gasteiger partial charge in [-0.1, -0.05) is 11.6 Å². The molecule has 1 rings (SSSR count). The molecule has 0 saturated heterocycles. The summed E-state index contributed by atoms with van der Waals surface area (Å²) in [5, 5.41) is 9.13. The molecule has 1 aromatic carbocycles. The number of hydrogen-bond donors (Lipinski definition) is 1. The number of benzene rings is 1. The van der Waals surface area contributed by atoms with Crippen LogP contribution < -0.4 is 0 Å². The molecule has 1 aromatic rings. The summed E-state index contributed by atoms with van der Waals surface area (Å²) in [6.07, 6.45) is -0.367.